The van der Waals surface area contributed by atoms with Crippen LogP contribution in [0.1, 0.15) is 51.6 Å². The maximum Gasteiger partial charge on any atom is 0.222 e. The van der Waals surface area contributed by atoms with Crippen molar-refractivity contribution in [3.8, 4) is 0 Å². The Morgan fingerprint density at radius 3 is 2.95 bits per heavy atom. The summed E-state index contributed by atoms with van der Waals surface area (Å²) < 4.78 is 0. The minimum Gasteiger partial charge on any atom is -0.339 e. The molecule has 1 saturated heterocycles. The molecule has 20 heavy (non-hydrogen) atoms. The minimum atomic E-state index is 0.333. The Kier molecular flexibility index (Phi) is 5.57. The second-order valence-corrected chi connectivity index (χ2v) is 6.07. The number of rotatable bonds is 5. The van der Waals surface area contributed by atoms with Crippen LogP contribution in [-0.2, 0) is 11.2 Å². The predicted molar refractivity (Wildman–Crippen MR) is 81.4 cm³/mol. The zero-order valence-corrected chi connectivity index (χ0v) is 12.7. The molecule has 2 rings (SSSR count). The van der Waals surface area contributed by atoms with E-state index in [1.165, 1.54) is 12.8 Å². The number of likely N-dealkylation sites (tertiary alicyclic amines) is 1. The van der Waals surface area contributed by atoms with Crippen LogP contribution in [0.2, 0.25) is 0 Å². The van der Waals surface area contributed by atoms with E-state index in [9.17, 15) is 4.79 Å². The topological polar surface area (TPSA) is 33.2 Å². The summed E-state index contributed by atoms with van der Waals surface area (Å²) in [4.78, 5) is 18.8. The van der Waals surface area contributed by atoms with Crippen LogP contribution in [0, 0.1) is 5.92 Å². The molecular weight excluding hydrogens is 248 g/mol. The highest BCUT2D eigenvalue weighted by Gasteiger charge is 2.28. The fourth-order valence-electron chi connectivity index (χ4n) is 3.07. The van der Waals surface area contributed by atoms with Gasteiger partial charge in [0.2, 0.25) is 5.91 Å². The number of nitrogens with zero attached hydrogens (tertiary/aromatic N) is 2. The number of hydrogen-bond donors (Lipinski definition) is 0. The van der Waals surface area contributed by atoms with E-state index < -0.39 is 0 Å². The number of piperidine rings is 1. The van der Waals surface area contributed by atoms with Crippen LogP contribution in [0.5, 0.6) is 0 Å². The minimum absolute atomic E-state index is 0.333. The van der Waals surface area contributed by atoms with E-state index in [-0.39, 0.29) is 0 Å². The summed E-state index contributed by atoms with van der Waals surface area (Å²) >= 11 is 0. The number of carbonyl (C=O) groups is 1. The van der Waals surface area contributed by atoms with E-state index in [1.807, 2.05) is 24.4 Å². The van der Waals surface area contributed by atoms with Gasteiger partial charge in [-0.15, -0.1) is 0 Å². The lowest BCUT2D eigenvalue weighted by atomic mass is 9.92. The number of amides is 1. The zero-order chi connectivity index (χ0) is 14.4. The van der Waals surface area contributed by atoms with Crippen molar-refractivity contribution in [1.82, 2.24) is 9.88 Å². The van der Waals surface area contributed by atoms with Gasteiger partial charge in [0, 0.05) is 30.9 Å². The van der Waals surface area contributed by atoms with Gasteiger partial charge in [0.15, 0.2) is 0 Å². The fourth-order valence-corrected chi connectivity index (χ4v) is 3.07. The largest absolute Gasteiger partial charge is 0.339 e. The van der Waals surface area contributed by atoms with E-state index in [4.69, 9.17) is 0 Å². The van der Waals surface area contributed by atoms with Crippen molar-refractivity contribution >= 4 is 5.91 Å². The van der Waals surface area contributed by atoms with E-state index in [1.54, 1.807) is 0 Å². The lowest BCUT2D eigenvalue weighted by Gasteiger charge is -2.38. The summed E-state index contributed by atoms with van der Waals surface area (Å²) in [7, 11) is 0. The third-order valence-electron chi connectivity index (χ3n) is 4.19. The number of carbonyl (C=O) groups excluding carboxylic acids is 1. The summed E-state index contributed by atoms with van der Waals surface area (Å²) in [5.74, 6) is 0.898. The maximum atomic E-state index is 12.4. The molecule has 0 N–H and O–H groups in total. The van der Waals surface area contributed by atoms with Crippen LogP contribution >= 0.6 is 0 Å². The summed E-state index contributed by atoms with van der Waals surface area (Å²) in [5.41, 5.74) is 1.08. The van der Waals surface area contributed by atoms with Gasteiger partial charge >= 0.3 is 0 Å². The monoisotopic (exact) mass is 274 g/mol. The van der Waals surface area contributed by atoms with Gasteiger partial charge in [0.25, 0.3) is 0 Å². The maximum absolute atomic E-state index is 12.4. The molecule has 0 saturated carbocycles. The van der Waals surface area contributed by atoms with E-state index in [0.717, 1.165) is 31.5 Å². The third-order valence-corrected chi connectivity index (χ3v) is 4.19. The van der Waals surface area contributed by atoms with Crippen molar-refractivity contribution in [2.45, 2.75) is 58.4 Å². The number of hydrogen-bond acceptors (Lipinski definition) is 2. The molecule has 1 fully saturated rings. The average Bonchev–Trinajstić information content (AvgIpc) is 2.48. The lowest BCUT2D eigenvalue weighted by Crippen LogP contribution is -2.46. The van der Waals surface area contributed by atoms with Gasteiger partial charge in [0.05, 0.1) is 0 Å². The van der Waals surface area contributed by atoms with Gasteiger partial charge < -0.3 is 4.90 Å². The van der Waals surface area contributed by atoms with Gasteiger partial charge in [-0.05, 0) is 50.2 Å². The van der Waals surface area contributed by atoms with Crippen LogP contribution in [-0.4, -0.2) is 28.4 Å². The molecule has 3 nitrogen and oxygen atoms in total. The molecule has 1 aliphatic rings. The smallest absolute Gasteiger partial charge is 0.222 e. The summed E-state index contributed by atoms with van der Waals surface area (Å²) in [5, 5.41) is 0. The van der Waals surface area contributed by atoms with Crippen molar-refractivity contribution < 1.29 is 4.79 Å². The molecule has 0 aliphatic carbocycles. The van der Waals surface area contributed by atoms with Crippen molar-refractivity contribution in [1.29, 1.82) is 0 Å². The molecule has 1 unspecified atom stereocenters. The summed E-state index contributed by atoms with van der Waals surface area (Å²) in [6, 6.07) is 6.41. The first-order valence-corrected chi connectivity index (χ1v) is 7.88. The molecule has 1 aromatic heterocycles. The Labute approximate surface area is 122 Å². The molecular formula is C17H26N2O. The van der Waals surface area contributed by atoms with E-state index in [2.05, 4.69) is 23.7 Å². The van der Waals surface area contributed by atoms with Crippen molar-refractivity contribution in [2.75, 3.05) is 6.54 Å². The molecule has 1 aromatic rings. The van der Waals surface area contributed by atoms with Gasteiger partial charge in [-0.3, -0.25) is 9.78 Å². The normalized spacial score (nSPS) is 19.4. The van der Waals surface area contributed by atoms with Gasteiger partial charge in [-0.25, -0.2) is 0 Å². The zero-order valence-electron chi connectivity index (χ0n) is 12.7. The molecule has 110 valence electrons. The van der Waals surface area contributed by atoms with Gasteiger partial charge in [-0.2, -0.15) is 0 Å². The standard InChI is InChI=1S/C17H26N2O/c1-14(2)16-10-4-6-13-19(16)17(20)11-7-9-15-8-3-5-12-18-15/h3,5,8,12,14,16H,4,6-7,9-11,13H2,1-2H3. The van der Waals surface area contributed by atoms with Crippen LogP contribution in [0.3, 0.4) is 0 Å². The van der Waals surface area contributed by atoms with Gasteiger partial charge in [-0.1, -0.05) is 19.9 Å². The molecule has 0 bridgehead atoms. The molecule has 1 aliphatic heterocycles. The SMILES string of the molecule is CC(C)C1CCCCN1C(=O)CCCc1ccccn1. The molecule has 1 amide bonds. The Hall–Kier alpha value is -1.38. The van der Waals surface area contributed by atoms with Crippen molar-refractivity contribution in [2.24, 2.45) is 5.92 Å². The van der Waals surface area contributed by atoms with Gasteiger partial charge in [0.1, 0.15) is 0 Å². The highest BCUT2D eigenvalue weighted by atomic mass is 16.2. The van der Waals surface area contributed by atoms with Crippen LogP contribution in [0.15, 0.2) is 24.4 Å². The first kappa shape index (κ1) is 15.0. The molecule has 1 atom stereocenters. The quantitative estimate of drug-likeness (QED) is 0.824. The van der Waals surface area contributed by atoms with Crippen molar-refractivity contribution in [3.63, 3.8) is 0 Å². The fraction of sp³-hybridized carbons (Fsp3) is 0.647. The highest BCUT2D eigenvalue weighted by molar-refractivity contribution is 5.76. The number of pyridine rings is 1. The molecule has 0 radical (unpaired) electrons. The van der Waals surface area contributed by atoms with Crippen LogP contribution in [0.4, 0.5) is 0 Å². The summed E-state index contributed by atoms with van der Waals surface area (Å²) in [6.07, 6.45) is 7.86. The second kappa shape index (κ2) is 7.41. The Balaban J connectivity index is 1.81. The second-order valence-electron chi connectivity index (χ2n) is 6.07. The van der Waals surface area contributed by atoms with Crippen molar-refractivity contribution in [3.05, 3.63) is 30.1 Å². The molecule has 0 spiro atoms. The number of aryl methyl sites for hydroxylation is 1. The number of aromatic nitrogens is 1. The van der Waals surface area contributed by atoms with Crippen LogP contribution < -0.4 is 0 Å². The Morgan fingerprint density at radius 1 is 1.40 bits per heavy atom. The first-order chi connectivity index (χ1) is 9.68. The Bertz CT molecular complexity index is 416. The molecule has 2 heterocycles. The summed E-state index contributed by atoms with van der Waals surface area (Å²) in [6.45, 7) is 5.40. The van der Waals surface area contributed by atoms with E-state index in [0.29, 0.717) is 24.3 Å². The molecule has 3 heteroatoms. The Morgan fingerprint density at radius 2 is 2.25 bits per heavy atom. The van der Waals surface area contributed by atoms with E-state index >= 15 is 0 Å². The predicted octanol–water partition coefficient (Wildman–Crippen LogP) is 3.44. The molecule has 0 aromatic carbocycles. The lowest BCUT2D eigenvalue weighted by molar-refractivity contribution is -0.136. The first-order valence-electron chi connectivity index (χ1n) is 7.88. The van der Waals surface area contributed by atoms with Crippen LogP contribution in [0.25, 0.3) is 0 Å². The highest BCUT2D eigenvalue weighted by Crippen LogP contribution is 2.24. The third kappa shape index (κ3) is 4.06. The average molecular weight is 274 g/mol.